The molecule has 3 rings (SSSR count). The summed E-state index contributed by atoms with van der Waals surface area (Å²) in [7, 11) is 0. The Morgan fingerprint density at radius 2 is 1.14 bits per heavy atom. The first-order valence-electron chi connectivity index (χ1n) is 8.29. The lowest BCUT2D eigenvalue weighted by atomic mass is 9.99. The molecule has 3 nitrogen and oxygen atoms in total. The minimum Gasteiger partial charge on any atom is -0.317 e. The monoisotopic (exact) mass is 325 g/mol. The third kappa shape index (κ3) is 6.01. The Kier molecular flexibility index (Phi) is 6.46. The number of piperidine rings is 3. The van der Waals surface area contributed by atoms with Crippen LogP contribution in [-0.2, 0) is 0 Å². The summed E-state index contributed by atoms with van der Waals surface area (Å²) in [5.41, 5.74) is 0. The maximum absolute atomic E-state index is 12.9. The third-order valence-electron chi connectivity index (χ3n) is 4.69. The lowest BCUT2D eigenvalue weighted by Crippen LogP contribution is -2.48. The molecule has 0 aliphatic carbocycles. The number of rotatable bonds is 1. The van der Waals surface area contributed by atoms with Gasteiger partial charge in [-0.1, -0.05) is 0 Å². The second-order valence-corrected chi connectivity index (χ2v) is 6.48. The number of hydrogen-bond donors (Lipinski definition) is 2. The highest BCUT2D eigenvalue weighted by atomic mass is 19.3. The van der Waals surface area contributed by atoms with Crippen LogP contribution >= 0.6 is 0 Å². The highest BCUT2D eigenvalue weighted by Gasteiger charge is 2.36. The molecule has 3 aliphatic heterocycles. The van der Waals surface area contributed by atoms with E-state index < -0.39 is 11.8 Å². The Morgan fingerprint density at radius 3 is 1.59 bits per heavy atom. The van der Waals surface area contributed by atoms with Crippen molar-refractivity contribution in [3.05, 3.63) is 0 Å². The Morgan fingerprint density at radius 1 is 0.682 bits per heavy atom. The molecule has 0 saturated carbocycles. The summed E-state index contributed by atoms with van der Waals surface area (Å²) in [6.45, 7) is 4.17. The molecule has 3 saturated heterocycles. The van der Waals surface area contributed by atoms with Gasteiger partial charge in [0.15, 0.2) is 0 Å². The van der Waals surface area contributed by atoms with Crippen LogP contribution in [0.3, 0.4) is 0 Å². The number of alkyl halides is 4. The fourth-order valence-electron chi connectivity index (χ4n) is 3.18. The number of hydrogen-bond acceptors (Lipinski definition) is 3. The number of likely N-dealkylation sites (tertiary alicyclic amines) is 1. The summed E-state index contributed by atoms with van der Waals surface area (Å²) in [4.78, 5) is 2.25. The summed E-state index contributed by atoms with van der Waals surface area (Å²) < 4.78 is 50.1. The van der Waals surface area contributed by atoms with Gasteiger partial charge in [-0.2, -0.15) is 0 Å². The van der Waals surface area contributed by atoms with E-state index >= 15 is 0 Å². The zero-order valence-electron chi connectivity index (χ0n) is 13.0. The second kappa shape index (κ2) is 7.93. The number of nitrogens with one attached hydrogen (secondary N) is 2. The smallest absolute Gasteiger partial charge is 0.250 e. The van der Waals surface area contributed by atoms with Crippen molar-refractivity contribution < 1.29 is 17.6 Å². The lowest BCUT2D eigenvalue weighted by molar-refractivity contribution is -0.0650. The Hall–Kier alpha value is -0.400. The summed E-state index contributed by atoms with van der Waals surface area (Å²) in [6.07, 6.45) is 2.35. The van der Waals surface area contributed by atoms with Gasteiger partial charge in [0, 0.05) is 57.9 Å². The van der Waals surface area contributed by atoms with Crippen molar-refractivity contribution in [2.24, 2.45) is 0 Å². The fourth-order valence-corrected chi connectivity index (χ4v) is 3.18. The van der Waals surface area contributed by atoms with Crippen molar-refractivity contribution in [3.8, 4) is 0 Å². The summed E-state index contributed by atoms with van der Waals surface area (Å²) in [5, 5.41) is 6.16. The molecule has 7 heteroatoms. The van der Waals surface area contributed by atoms with Gasteiger partial charge in [-0.25, -0.2) is 17.6 Å². The van der Waals surface area contributed by atoms with Gasteiger partial charge >= 0.3 is 0 Å². The van der Waals surface area contributed by atoms with Gasteiger partial charge in [-0.15, -0.1) is 0 Å². The molecule has 3 fully saturated rings. The van der Waals surface area contributed by atoms with Crippen LogP contribution in [0, 0.1) is 0 Å². The molecule has 130 valence electrons. The molecule has 0 aromatic carbocycles. The molecule has 0 amide bonds. The Labute approximate surface area is 129 Å². The summed E-state index contributed by atoms with van der Waals surface area (Å²) >= 11 is 0. The van der Waals surface area contributed by atoms with Crippen molar-refractivity contribution in [1.29, 1.82) is 0 Å². The van der Waals surface area contributed by atoms with Crippen molar-refractivity contribution in [2.75, 3.05) is 39.3 Å². The van der Waals surface area contributed by atoms with E-state index in [0.717, 1.165) is 25.9 Å². The first-order valence-corrected chi connectivity index (χ1v) is 8.29. The van der Waals surface area contributed by atoms with Crippen molar-refractivity contribution in [1.82, 2.24) is 15.5 Å². The average Bonchev–Trinajstić information content (AvgIpc) is 2.48. The van der Waals surface area contributed by atoms with E-state index in [0.29, 0.717) is 32.2 Å². The molecule has 0 radical (unpaired) electrons. The van der Waals surface area contributed by atoms with Gasteiger partial charge in [0.1, 0.15) is 0 Å². The minimum absolute atomic E-state index is 0.00694. The molecule has 0 unspecified atom stereocenters. The van der Waals surface area contributed by atoms with E-state index in [1.807, 2.05) is 0 Å². The van der Waals surface area contributed by atoms with Crippen molar-refractivity contribution in [3.63, 3.8) is 0 Å². The molecule has 22 heavy (non-hydrogen) atoms. The Balaban J connectivity index is 0.000000188. The topological polar surface area (TPSA) is 27.3 Å². The van der Waals surface area contributed by atoms with Crippen LogP contribution in [0.1, 0.15) is 38.5 Å². The van der Waals surface area contributed by atoms with Gasteiger partial charge in [-0.05, 0) is 25.9 Å². The first-order chi connectivity index (χ1) is 10.4. The van der Waals surface area contributed by atoms with Gasteiger partial charge in [0.2, 0.25) is 0 Å². The molecule has 3 heterocycles. The quantitative estimate of drug-likeness (QED) is 0.725. The predicted octanol–water partition coefficient (Wildman–Crippen LogP) is 2.47. The van der Waals surface area contributed by atoms with E-state index in [-0.39, 0.29) is 25.7 Å². The first kappa shape index (κ1) is 17.9. The van der Waals surface area contributed by atoms with E-state index in [1.54, 1.807) is 0 Å². The van der Waals surface area contributed by atoms with Gasteiger partial charge < -0.3 is 10.6 Å². The molecular weight excluding hydrogens is 298 g/mol. The largest absolute Gasteiger partial charge is 0.317 e. The van der Waals surface area contributed by atoms with Crippen LogP contribution in [0.25, 0.3) is 0 Å². The highest BCUT2D eigenvalue weighted by Crippen LogP contribution is 2.29. The van der Waals surface area contributed by atoms with Gasteiger partial charge in [0.25, 0.3) is 11.8 Å². The zero-order chi connectivity index (χ0) is 16.1. The minimum atomic E-state index is -2.40. The van der Waals surface area contributed by atoms with E-state index in [2.05, 4.69) is 15.5 Å². The highest BCUT2D eigenvalue weighted by molar-refractivity contribution is 4.84. The van der Waals surface area contributed by atoms with Gasteiger partial charge in [0.05, 0.1) is 0 Å². The van der Waals surface area contributed by atoms with Crippen LogP contribution in [0.5, 0.6) is 0 Å². The Bertz CT molecular complexity index is 315. The van der Waals surface area contributed by atoms with E-state index in [1.165, 1.54) is 0 Å². The summed E-state index contributed by atoms with van der Waals surface area (Å²) in [6, 6.07) is 0.548. The average molecular weight is 325 g/mol. The number of nitrogens with zero attached hydrogens (tertiary/aromatic N) is 1. The predicted molar refractivity (Wildman–Crippen MR) is 78.7 cm³/mol. The second-order valence-electron chi connectivity index (χ2n) is 6.48. The molecule has 0 spiro atoms. The molecule has 0 aromatic heterocycles. The standard InChI is InChI=1S/C10H18F2N2.C5H9F2N/c11-10(12)3-7-14(8-4-10)9-1-5-13-6-2-9;6-5(7)1-3-8-4-2-5/h9,13H,1-8H2;8H,1-4H2. The zero-order valence-corrected chi connectivity index (χ0v) is 13.0. The molecule has 0 bridgehead atoms. The molecular formula is C15H27F4N3. The number of halogens is 4. The molecule has 3 aliphatic rings. The van der Waals surface area contributed by atoms with Crippen LogP contribution in [-0.4, -0.2) is 62.1 Å². The molecule has 2 N–H and O–H groups in total. The van der Waals surface area contributed by atoms with Crippen molar-refractivity contribution >= 4 is 0 Å². The normalized spacial score (nSPS) is 29.5. The third-order valence-corrected chi connectivity index (χ3v) is 4.69. The van der Waals surface area contributed by atoms with Crippen LogP contribution < -0.4 is 10.6 Å². The van der Waals surface area contributed by atoms with E-state index in [9.17, 15) is 17.6 Å². The maximum Gasteiger partial charge on any atom is 0.250 e. The van der Waals surface area contributed by atoms with Crippen LogP contribution in [0.2, 0.25) is 0 Å². The maximum atomic E-state index is 12.9. The lowest BCUT2D eigenvalue weighted by Gasteiger charge is -2.39. The molecule has 0 aromatic rings. The molecule has 0 atom stereocenters. The van der Waals surface area contributed by atoms with Crippen molar-refractivity contribution in [2.45, 2.75) is 56.4 Å². The summed E-state index contributed by atoms with van der Waals surface area (Å²) in [5.74, 6) is -4.78. The van der Waals surface area contributed by atoms with E-state index in [4.69, 9.17) is 0 Å². The fraction of sp³-hybridized carbons (Fsp3) is 1.00. The van der Waals surface area contributed by atoms with Crippen LogP contribution in [0.15, 0.2) is 0 Å². The SMILES string of the molecule is FC1(F)CCN(C2CCNCC2)CC1.FC1(F)CCNCC1. The van der Waals surface area contributed by atoms with Gasteiger partial charge in [-0.3, -0.25) is 4.90 Å². The van der Waals surface area contributed by atoms with Crippen LogP contribution in [0.4, 0.5) is 17.6 Å².